The molecule has 2 rings (SSSR count). The van der Waals surface area contributed by atoms with Crippen molar-refractivity contribution in [2.45, 2.75) is 0 Å². The van der Waals surface area contributed by atoms with E-state index in [-0.39, 0.29) is 11.6 Å². The molecule has 0 saturated heterocycles. The van der Waals surface area contributed by atoms with Crippen LogP contribution in [0, 0.1) is 3.57 Å². The van der Waals surface area contributed by atoms with E-state index in [0.29, 0.717) is 16.4 Å². The first-order valence-corrected chi connectivity index (χ1v) is 6.48. The Morgan fingerprint density at radius 2 is 2.28 bits per heavy atom. The van der Waals surface area contributed by atoms with Crippen molar-refractivity contribution in [3.05, 3.63) is 38.7 Å². The van der Waals surface area contributed by atoms with Crippen LogP contribution in [0.2, 0.25) is 5.02 Å². The summed E-state index contributed by atoms with van der Waals surface area (Å²) in [6.07, 6.45) is 1.57. The Kier molecular flexibility index (Phi) is 3.76. The Morgan fingerprint density at radius 1 is 1.56 bits per heavy atom. The number of nitrogens with zero attached hydrogens (tertiary/aromatic N) is 2. The van der Waals surface area contributed by atoms with Gasteiger partial charge in [0.2, 0.25) is 0 Å². The number of amides is 1. The lowest BCUT2D eigenvalue weighted by molar-refractivity contribution is 0.102. The normalized spacial score (nSPS) is 10.4. The quantitative estimate of drug-likeness (QED) is 0.791. The number of benzene rings is 1. The molecular weight excluding hydrogens is 367 g/mol. The van der Waals surface area contributed by atoms with E-state index in [1.165, 1.54) is 4.68 Å². The molecule has 1 amide bonds. The Bertz CT molecular complexity index is 611. The lowest BCUT2D eigenvalue weighted by Gasteiger charge is -2.06. The highest BCUT2D eigenvalue weighted by Gasteiger charge is 2.15. The van der Waals surface area contributed by atoms with Crippen LogP contribution in [0.5, 0.6) is 0 Å². The molecule has 0 unspecified atom stereocenters. The van der Waals surface area contributed by atoms with Crippen LogP contribution in [-0.2, 0) is 7.05 Å². The van der Waals surface area contributed by atoms with Gasteiger partial charge in [-0.2, -0.15) is 5.10 Å². The molecule has 0 bridgehead atoms. The summed E-state index contributed by atoms with van der Waals surface area (Å²) in [5, 5.41) is 7.14. The number of carbonyl (C=O) groups excluding carboxylic acids is 1. The van der Waals surface area contributed by atoms with E-state index in [9.17, 15) is 4.79 Å². The number of carbonyl (C=O) groups is 1. The molecule has 0 aliphatic rings. The third-order valence-electron chi connectivity index (χ3n) is 2.25. The minimum atomic E-state index is -0.379. The number of halogens is 2. The largest absolute Gasteiger partial charge is 0.396 e. The smallest absolute Gasteiger partial charge is 0.278 e. The number of rotatable bonds is 2. The van der Waals surface area contributed by atoms with Crippen molar-refractivity contribution >= 4 is 51.5 Å². The molecule has 1 heterocycles. The Hall–Kier alpha value is -1.28. The number of nitrogens with one attached hydrogen (secondary N) is 1. The van der Waals surface area contributed by atoms with Crippen molar-refractivity contribution in [1.29, 1.82) is 0 Å². The van der Waals surface area contributed by atoms with E-state index < -0.39 is 0 Å². The third-order valence-corrected chi connectivity index (χ3v) is 3.24. The minimum Gasteiger partial charge on any atom is -0.396 e. The molecule has 1 aromatic carbocycles. The maximum absolute atomic E-state index is 12.0. The second-order valence-corrected chi connectivity index (χ2v) is 5.34. The van der Waals surface area contributed by atoms with Crippen molar-refractivity contribution in [3.8, 4) is 0 Å². The third kappa shape index (κ3) is 2.75. The number of aromatic nitrogens is 2. The van der Waals surface area contributed by atoms with Crippen LogP contribution in [0.15, 0.2) is 24.4 Å². The predicted octanol–water partition coefficient (Wildman–Crippen LogP) is 2.51. The van der Waals surface area contributed by atoms with Crippen LogP contribution >= 0.6 is 34.2 Å². The SMILES string of the molecule is Cn1cc(N)c(C(=O)Nc2ccc(I)cc2Cl)n1. The second-order valence-electron chi connectivity index (χ2n) is 3.69. The number of nitrogen functional groups attached to an aromatic ring is 1. The molecule has 0 saturated carbocycles. The fourth-order valence-corrected chi connectivity index (χ4v) is 2.36. The summed E-state index contributed by atoms with van der Waals surface area (Å²) in [5.74, 6) is -0.379. The van der Waals surface area contributed by atoms with Crippen LogP contribution in [0.3, 0.4) is 0 Å². The van der Waals surface area contributed by atoms with E-state index in [1.54, 1.807) is 25.4 Å². The zero-order chi connectivity index (χ0) is 13.3. The molecule has 7 heteroatoms. The average Bonchev–Trinajstić information content (AvgIpc) is 2.62. The summed E-state index contributed by atoms with van der Waals surface area (Å²) in [6, 6.07) is 5.35. The number of anilines is 2. The monoisotopic (exact) mass is 376 g/mol. The molecular formula is C11H10ClIN4O. The van der Waals surface area contributed by atoms with Gasteiger partial charge in [-0.05, 0) is 40.8 Å². The average molecular weight is 377 g/mol. The Labute approximate surface area is 122 Å². The van der Waals surface area contributed by atoms with Crippen LogP contribution in [0.4, 0.5) is 11.4 Å². The van der Waals surface area contributed by atoms with Crippen molar-refractivity contribution in [1.82, 2.24) is 9.78 Å². The van der Waals surface area contributed by atoms with E-state index in [0.717, 1.165) is 3.57 Å². The Morgan fingerprint density at radius 3 is 2.83 bits per heavy atom. The van der Waals surface area contributed by atoms with Gasteiger partial charge in [0.25, 0.3) is 5.91 Å². The van der Waals surface area contributed by atoms with E-state index in [1.807, 2.05) is 6.07 Å². The molecule has 5 nitrogen and oxygen atoms in total. The fraction of sp³-hybridized carbons (Fsp3) is 0.0909. The fourth-order valence-electron chi connectivity index (χ4n) is 1.46. The van der Waals surface area contributed by atoms with E-state index in [4.69, 9.17) is 17.3 Å². The first-order valence-electron chi connectivity index (χ1n) is 5.03. The van der Waals surface area contributed by atoms with E-state index in [2.05, 4.69) is 33.0 Å². The molecule has 94 valence electrons. The van der Waals surface area contributed by atoms with Gasteiger partial charge < -0.3 is 11.1 Å². The van der Waals surface area contributed by atoms with Gasteiger partial charge in [-0.3, -0.25) is 9.48 Å². The highest BCUT2D eigenvalue weighted by atomic mass is 127. The van der Waals surface area contributed by atoms with Crippen molar-refractivity contribution in [3.63, 3.8) is 0 Å². The number of hydrogen-bond acceptors (Lipinski definition) is 3. The van der Waals surface area contributed by atoms with Gasteiger partial charge >= 0.3 is 0 Å². The van der Waals surface area contributed by atoms with Crippen molar-refractivity contribution in [2.75, 3.05) is 11.1 Å². The van der Waals surface area contributed by atoms with Gasteiger partial charge in [0.1, 0.15) is 0 Å². The first kappa shape index (κ1) is 13.2. The summed E-state index contributed by atoms with van der Waals surface area (Å²) in [7, 11) is 1.70. The van der Waals surface area contributed by atoms with Gasteiger partial charge in [-0.25, -0.2) is 0 Å². The standard InChI is InChI=1S/C11H10ClIN4O/c1-17-5-8(14)10(16-17)11(18)15-9-3-2-6(13)4-7(9)12/h2-5H,14H2,1H3,(H,15,18). The lowest BCUT2D eigenvalue weighted by atomic mass is 10.3. The molecule has 1 aromatic heterocycles. The first-order chi connectivity index (χ1) is 8.47. The lowest BCUT2D eigenvalue weighted by Crippen LogP contribution is -2.14. The maximum Gasteiger partial charge on any atom is 0.278 e. The molecule has 0 aliphatic carbocycles. The maximum atomic E-state index is 12.0. The summed E-state index contributed by atoms with van der Waals surface area (Å²) >= 11 is 8.17. The van der Waals surface area contributed by atoms with Gasteiger partial charge in [0, 0.05) is 16.8 Å². The van der Waals surface area contributed by atoms with Crippen LogP contribution in [0.25, 0.3) is 0 Å². The molecule has 18 heavy (non-hydrogen) atoms. The molecule has 2 aromatic rings. The highest BCUT2D eigenvalue weighted by Crippen LogP contribution is 2.24. The summed E-state index contributed by atoms with van der Waals surface area (Å²) in [4.78, 5) is 12.0. The van der Waals surface area contributed by atoms with Crippen molar-refractivity contribution in [2.24, 2.45) is 7.05 Å². The molecule has 3 N–H and O–H groups in total. The van der Waals surface area contributed by atoms with Gasteiger partial charge in [0.05, 0.1) is 16.4 Å². The van der Waals surface area contributed by atoms with Crippen LogP contribution in [-0.4, -0.2) is 15.7 Å². The number of nitrogens with two attached hydrogens (primary N) is 1. The van der Waals surface area contributed by atoms with Gasteiger partial charge in [-0.1, -0.05) is 11.6 Å². The Balaban J connectivity index is 2.24. The number of hydrogen-bond donors (Lipinski definition) is 2. The minimum absolute atomic E-state index is 0.187. The van der Waals surface area contributed by atoms with Gasteiger partial charge in [-0.15, -0.1) is 0 Å². The highest BCUT2D eigenvalue weighted by molar-refractivity contribution is 14.1. The van der Waals surface area contributed by atoms with Gasteiger partial charge in [0.15, 0.2) is 5.69 Å². The number of aryl methyl sites for hydroxylation is 1. The molecule has 0 atom stereocenters. The van der Waals surface area contributed by atoms with Crippen LogP contribution < -0.4 is 11.1 Å². The topological polar surface area (TPSA) is 72.9 Å². The zero-order valence-corrected chi connectivity index (χ0v) is 12.4. The molecule has 0 spiro atoms. The summed E-state index contributed by atoms with van der Waals surface area (Å²) in [6.45, 7) is 0. The van der Waals surface area contributed by atoms with E-state index >= 15 is 0 Å². The molecule has 0 fully saturated rings. The van der Waals surface area contributed by atoms with Crippen LogP contribution in [0.1, 0.15) is 10.5 Å². The molecule has 0 aliphatic heterocycles. The second kappa shape index (κ2) is 5.15. The van der Waals surface area contributed by atoms with Crippen molar-refractivity contribution < 1.29 is 4.79 Å². The summed E-state index contributed by atoms with van der Waals surface area (Å²) < 4.78 is 2.48. The summed E-state index contributed by atoms with van der Waals surface area (Å²) in [5.41, 5.74) is 6.73. The predicted molar refractivity (Wildman–Crippen MR) is 79.7 cm³/mol. The zero-order valence-electron chi connectivity index (χ0n) is 9.45. The molecule has 0 radical (unpaired) electrons.